The summed E-state index contributed by atoms with van der Waals surface area (Å²) in [5.74, 6) is 1.02. The molecule has 0 fully saturated rings. The lowest BCUT2D eigenvalue weighted by Crippen LogP contribution is -1.98. The van der Waals surface area contributed by atoms with Gasteiger partial charge in [0.2, 0.25) is 0 Å². The first kappa shape index (κ1) is 13.2. The summed E-state index contributed by atoms with van der Waals surface area (Å²) in [4.78, 5) is 0. The number of aromatic hydroxyl groups is 1. The molecule has 2 rings (SSSR count). The number of phenolic OH excluding ortho intramolecular Hbond substituents is 1. The quantitative estimate of drug-likeness (QED) is 0.837. The summed E-state index contributed by atoms with van der Waals surface area (Å²) < 4.78 is 5.74. The molecule has 0 amide bonds. The van der Waals surface area contributed by atoms with Gasteiger partial charge in [0.1, 0.15) is 18.1 Å². The van der Waals surface area contributed by atoms with Gasteiger partial charge in [0, 0.05) is 15.9 Å². The number of alkyl halides is 1. The van der Waals surface area contributed by atoms with Crippen molar-refractivity contribution in [2.24, 2.45) is 0 Å². The average Bonchev–Trinajstić information content (AvgIpc) is 2.38. The van der Waals surface area contributed by atoms with E-state index in [2.05, 4.69) is 15.9 Å². The predicted molar refractivity (Wildman–Crippen MR) is 76.5 cm³/mol. The number of hydrogen-bond donors (Lipinski definition) is 1. The molecule has 18 heavy (non-hydrogen) atoms. The SMILES string of the molecule is Oc1ccc(COc2cccc(Cl)c2CBr)cc1. The van der Waals surface area contributed by atoms with E-state index in [4.69, 9.17) is 16.3 Å². The molecule has 0 aromatic heterocycles. The van der Waals surface area contributed by atoms with Crippen molar-refractivity contribution in [3.05, 3.63) is 58.6 Å². The van der Waals surface area contributed by atoms with Crippen LogP contribution < -0.4 is 4.74 Å². The van der Waals surface area contributed by atoms with E-state index in [0.717, 1.165) is 16.9 Å². The number of hydrogen-bond acceptors (Lipinski definition) is 2. The average molecular weight is 328 g/mol. The maximum Gasteiger partial charge on any atom is 0.125 e. The first-order valence-corrected chi connectivity index (χ1v) is 6.94. The third-order valence-corrected chi connectivity index (χ3v) is 3.46. The molecule has 0 atom stereocenters. The highest BCUT2D eigenvalue weighted by molar-refractivity contribution is 9.08. The topological polar surface area (TPSA) is 29.5 Å². The van der Waals surface area contributed by atoms with E-state index in [9.17, 15) is 5.11 Å². The molecule has 4 heteroatoms. The van der Waals surface area contributed by atoms with Gasteiger partial charge in [-0.25, -0.2) is 0 Å². The molecule has 2 aromatic rings. The van der Waals surface area contributed by atoms with Crippen LogP contribution in [0.4, 0.5) is 0 Å². The standard InChI is InChI=1S/C14H12BrClO2/c15-8-12-13(16)2-1-3-14(12)18-9-10-4-6-11(17)7-5-10/h1-7,17H,8-9H2. The lowest BCUT2D eigenvalue weighted by atomic mass is 10.2. The Morgan fingerprint density at radius 3 is 2.50 bits per heavy atom. The van der Waals surface area contributed by atoms with Gasteiger partial charge in [0.15, 0.2) is 0 Å². The van der Waals surface area contributed by atoms with Crippen molar-refractivity contribution in [3.63, 3.8) is 0 Å². The number of ether oxygens (including phenoxy) is 1. The molecule has 0 aliphatic heterocycles. The number of phenols is 1. The summed E-state index contributed by atoms with van der Waals surface area (Å²) in [6.45, 7) is 0.445. The maximum atomic E-state index is 9.20. The highest BCUT2D eigenvalue weighted by Gasteiger charge is 2.06. The van der Waals surface area contributed by atoms with Crippen molar-refractivity contribution in [2.75, 3.05) is 0 Å². The van der Waals surface area contributed by atoms with E-state index >= 15 is 0 Å². The van der Waals surface area contributed by atoms with Gasteiger partial charge in [0.25, 0.3) is 0 Å². The lowest BCUT2D eigenvalue weighted by molar-refractivity contribution is 0.304. The fourth-order valence-corrected chi connectivity index (χ4v) is 2.53. The zero-order chi connectivity index (χ0) is 13.0. The van der Waals surface area contributed by atoms with E-state index in [0.29, 0.717) is 17.0 Å². The second-order valence-electron chi connectivity index (χ2n) is 3.81. The molecule has 0 aliphatic rings. The molecule has 2 nitrogen and oxygen atoms in total. The zero-order valence-electron chi connectivity index (χ0n) is 9.57. The molecular formula is C14H12BrClO2. The van der Waals surface area contributed by atoms with Gasteiger partial charge in [-0.15, -0.1) is 0 Å². The van der Waals surface area contributed by atoms with Gasteiger partial charge in [-0.3, -0.25) is 0 Å². The minimum Gasteiger partial charge on any atom is -0.508 e. The van der Waals surface area contributed by atoms with Crippen LogP contribution in [0.25, 0.3) is 0 Å². The molecule has 1 N–H and O–H groups in total. The Bertz CT molecular complexity index is 526. The minimum atomic E-state index is 0.252. The van der Waals surface area contributed by atoms with Gasteiger partial charge in [-0.05, 0) is 29.8 Å². The molecule has 94 valence electrons. The van der Waals surface area contributed by atoms with Gasteiger partial charge in [-0.2, -0.15) is 0 Å². The third-order valence-electron chi connectivity index (χ3n) is 2.54. The van der Waals surface area contributed by atoms with Gasteiger partial charge >= 0.3 is 0 Å². The lowest BCUT2D eigenvalue weighted by Gasteiger charge is -2.11. The molecular weight excluding hydrogens is 316 g/mol. The Hall–Kier alpha value is -1.19. The molecule has 0 heterocycles. The van der Waals surface area contributed by atoms with Crippen LogP contribution in [-0.2, 0) is 11.9 Å². The van der Waals surface area contributed by atoms with Crippen molar-refractivity contribution in [1.29, 1.82) is 0 Å². The zero-order valence-corrected chi connectivity index (χ0v) is 11.9. The second-order valence-corrected chi connectivity index (χ2v) is 4.77. The first-order valence-electron chi connectivity index (χ1n) is 5.45. The Kier molecular flexibility index (Phi) is 4.50. The van der Waals surface area contributed by atoms with E-state index in [-0.39, 0.29) is 5.75 Å². The molecule has 2 aromatic carbocycles. The fourth-order valence-electron chi connectivity index (χ4n) is 1.56. The fraction of sp³-hybridized carbons (Fsp3) is 0.143. The largest absolute Gasteiger partial charge is 0.508 e. The Morgan fingerprint density at radius 1 is 1.11 bits per heavy atom. The van der Waals surface area contributed by atoms with Gasteiger partial charge < -0.3 is 9.84 Å². The number of benzene rings is 2. The van der Waals surface area contributed by atoms with E-state index in [1.54, 1.807) is 12.1 Å². The van der Waals surface area contributed by atoms with Crippen LogP contribution in [0.5, 0.6) is 11.5 Å². The summed E-state index contributed by atoms with van der Waals surface area (Å²) >= 11 is 9.49. The molecule has 0 saturated heterocycles. The summed E-state index contributed by atoms with van der Waals surface area (Å²) in [5, 5.41) is 10.5. The van der Waals surface area contributed by atoms with Crippen LogP contribution in [0.1, 0.15) is 11.1 Å². The van der Waals surface area contributed by atoms with Crippen LogP contribution in [0.15, 0.2) is 42.5 Å². The van der Waals surface area contributed by atoms with Crippen molar-refractivity contribution in [3.8, 4) is 11.5 Å². The molecule has 0 bridgehead atoms. The van der Waals surface area contributed by atoms with Crippen LogP contribution in [0.3, 0.4) is 0 Å². The van der Waals surface area contributed by atoms with Crippen molar-refractivity contribution in [1.82, 2.24) is 0 Å². The maximum absolute atomic E-state index is 9.20. The molecule has 0 aliphatic carbocycles. The molecule has 0 unspecified atom stereocenters. The van der Waals surface area contributed by atoms with Gasteiger partial charge in [0.05, 0.1) is 0 Å². The van der Waals surface area contributed by atoms with Crippen molar-refractivity contribution >= 4 is 27.5 Å². The summed E-state index contributed by atoms with van der Waals surface area (Å²) in [6.07, 6.45) is 0. The van der Waals surface area contributed by atoms with Crippen molar-refractivity contribution in [2.45, 2.75) is 11.9 Å². The number of halogens is 2. The monoisotopic (exact) mass is 326 g/mol. The highest BCUT2D eigenvalue weighted by Crippen LogP contribution is 2.29. The smallest absolute Gasteiger partial charge is 0.125 e. The minimum absolute atomic E-state index is 0.252. The summed E-state index contributed by atoms with van der Waals surface area (Å²) in [5.41, 5.74) is 1.94. The normalized spacial score (nSPS) is 10.3. The Morgan fingerprint density at radius 2 is 1.83 bits per heavy atom. The molecule has 0 radical (unpaired) electrons. The van der Waals surface area contributed by atoms with Crippen LogP contribution in [-0.4, -0.2) is 5.11 Å². The Labute approximate surface area is 119 Å². The Balaban J connectivity index is 2.10. The van der Waals surface area contributed by atoms with Crippen molar-refractivity contribution < 1.29 is 9.84 Å². The first-order chi connectivity index (χ1) is 8.70. The predicted octanol–water partition coefficient (Wildman–Crippen LogP) is 4.52. The van der Waals surface area contributed by atoms with Gasteiger partial charge in [-0.1, -0.05) is 45.7 Å². The van der Waals surface area contributed by atoms with Crippen LogP contribution in [0, 0.1) is 0 Å². The molecule has 0 spiro atoms. The summed E-state index contributed by atoms with van der Waals surface area (Å²) in [7, 11) is 0. The van der Waals surface area contributed by atoms with E-state index in [1.165, 1.54) is 0 Å². The summed E-state index contributed by atoms with van der Waals surface area (Å²) in [6, 6.07) is 12.5. The highest BCUT2D eigenvalue weighted by atomic mass is 79.9. The third kappa shape index (κ3) is 3.18. The van der Waals surface area contributed by atoms with E-state index in [1.807, 2.05) is 30.3 Å². The van der Waals surface area contributed by atoms with E-state index < -0.39 is 0 Å². The van der Waals surface area contributed by atoms with Crippen LogP contribution >= 0.6 is 27.5 Å². The molecule has 0 saturated carbocycles. The van der Waals surface area contributed by atoms with Crippen LogP contribution in [0.2, 0.25) is 5.02 Å². The second kappa shape index (κ2) is 6.12. The number of rotatable bonds is 4.